The maximum atomic E-state index is 12.0. The van der Waals surface area contributed by atoms with Crippen LogP contribution in [0, 0.1) is 0 Å². The zero-order valence-electron chi connectivity index (χ0n) is 12.7. The summed E-state index contributed by atoms with van der Waals surface area (Å²) in [5.41, 5.74) is 2.75. The second-order valence-corrected chi connectivity index (χ2v) is 6.10. The number of fused-ring (bicyclic) bond motifs is 3. The Kier molecular flexibility index (Phi) is 3.12. The molecule has 1 N–H and O–H groups in total. The zero-order valence-corrected chi connectivity index (χ0v) is 12.7. The molecule has 2 heterocycles. The third-order valence-electron chi connectivity index (χ3n) is 4.51. The van der Waals surface area contributed by atoms with E-state index in [2.05, 4.69) is 11.1 Å². The lowest BCUT2D eigenvalue weighted by Gasteiger charge is -2.44. The summed E-state index contributed by atoms with van der Waals surface area (Å²) >= 11 is 0. The first-order valence-electron chi connectivity index (χ1n) is 7.31. The van der Waals surface area contributed by atoms with Crippen molar-refractivity contribution in [2.45, 2.75) is 39.2 Å². The van der Waals surface area contributed by atoms with Gasteiger partial charge in [0.25, 0.3) is 0 Å². The van der Waals surface area contributed by atoms with Crippen LogP contribution >= 0.6 is 0 Å². The smallest absolute Gasteiger partial charge is 0.220 e. The van der Waals surface area contributed by atoms with E-state index in [0.29, 0.717) is 13.0 Å². The maximum Gasteiger partial charge on any atom is 0.220 e. The van der Waals surface area contributed by atoms with Crippen molar-refractivity contribution >= 4 is 22.6 Å². The van der Waals surface area contributed by atoms with E-state index in [-0.39, 0.29) is 11.7 Å². The molecule has 0 saturated heterocycles. The molecule has 1 aliphatic heterocycles. The first-order valence-corrected chi connectivity index (χ1v) is 7.31. The Labute approximate surface area is 124 Å². The molecule has 4 heteroatoms. The molecule has 1 amide bonds. The highest BCUT2D eigenvalue weighted by Crippen LogP contribution is 2.40. The SMILES string of the molecule is CC(=O)CC1(C)c2[nH]c3ccccc3c2CCN1C(C)=O. The van der Waals surface area contributed by atoms with Gasteiger partial charge in [-0.15, -0.1) is 0 Å². The Hall–Kier alpha value is -2.10. The van der Waals surface area contributed by atoms with Crippen LogP contribution in [-0.2, 0) is 21.5 Å². The predicted molar refractivity (Wildman–Crippen MR) is 82.0 cm³/mol. The van der Waals surface area contributed by atoms with E-state index in [1.807, 2.05) is 30.0 Å². The molecule has 1 aromatic carbocycles. The molecule has 1 atom stereocenters. The number of aromatic nitrogens is 1. The largest absolute Gasteiger partial charge is 0.356 e. The highest BCUT2D eigenvalue weighted by atomic mass is 16.2. The van der Waals surface area contributed by atoms with Gasteiger partial charge in [0.05, 0.1) is 5.54 Å². The van der Waals surface area contributed by atoms with Crippen LogP contribution in [0.5, 0.6) is 0 Å². The number of rotatable bonds is 2. The minimum atomic E-state index is -0.579. The number of benzene rings is 1. The quantitative estimate of drug-likeness (QED) is 0.922. The van der Waals surface area contributed by atoms with Crippen molar-refractivity contribution in [3.63, 3.8) is 0 Å². The van der Waals surface area contributed by atoms with Gasteiger partial charge < -0.3 is 9.88 Å². The Morgan fingerprint density at radius 1 is 1.29 bits per heavy atom. The van der Waals surface area contributed by atoms with Crippen molar-refractivity contribution in [2.24, 2.45) is 0 Å². The molecule has 0 radical (unpaired) electrons. The second kappa shape index (κ2) is 4.72. The van der Waals surface area contributed by atoms with Gasteiger partial charge in [-0.2, -0.15) is 0 Å². The van der Waals surface area contributed by atoms with E-state index in [9.17, 15) is 9.59 Å². The molecule has 1 unspecified atom stereocenters. The van der Waals surface area contributed by atoms with Crippen LogP contribution in [0.2, 0.25) is 0 Å². The van der Waals surface area contributed by atoms with Crippen molar-refractivity contribution in [2.75, 3.05) is 6.54 Å². The van der Waals surface area contributed by atoms with Crippen LogP contribution in [-0.4, -0.2) is 28.1 Å². The van der Waals surface area contributed by atoms with Gasteiger partial charge in [0.15, 0.2) is 0 Å². The lowest BCUT2D eigenvalue weighted by molar-refractivity contribution is -0.137. The molecule has 4 nitrogen and oxygen atoms in total. The molecule has 3 rings (SSSR count). The van der Waals surface area contributed by atoms with Crippen LogP contribution in [0.4, 0.5) is 0 Å². The molecule has 0 bridgehead atoms. The van der Waals surface area contributed by atoms with E-state index >= 15 is 0 Å². The van der Waals surface area contributed by atoms with Gasteiger partial charge in [-0.3, -0.25) is 9.59 Å². The normalized spacial score (nSPS) is 21.4. The fourth-order valence-corrected chi connectivity index (χ4v) is 3.70. The average molecular weight is 284 g/mol. The number of hydrogen-bond donors (Lipinski definition) is 1. The highest BCUT2D eigenvalue weighted by molar-refractivity contribution is 5.87. The number of amides is 1. The number of nitrogens with zero attached hydrogens (tertiary/aromatic N) is 1. The van der Waals surface area contributed by atoms with Crippen molar-refractivity contribution in [3.05, 3.63) is 35.5 Å². The molecule has 0 spiro atoms. The predicted octanol–water partition coefficient (Wildman–Crippen LogP) is 2.77. The monoisotopic (exact) mass is 284 g/mol. The van der Waals surface area contributed by atoms with E-state index < -0.39 is 5.54 Å². The highest BCUT2D eigenvalue weighted by Gasteiger charge is 2.42. The number of carbonyl (C=O) groups excluding carboxylic acids is 2. The third-order valence-corrected chi connectivity index (χ3v) is 4.51. The summed E-state index contributed by atoms with van der Waals surface area (Å²) in [5, 5.41) is 1.20. The van der Waals surface area contributed by atoms with Crippen molar-refractivity contribution in [1.82, 2.24) is 9.88 Å². The summed E-state index contributed by atoms with van der Waals surface area (Å²) in [6.45, 7) is 5.81. The van der Waals surface area contributed by atoms with E-state index in [1.165, 1.54) is 10.9 Å². The number of hydrogen-bond acceptors (Lipinski definition) is 2. The summed E-state index contributed by atoms with van der Waals surface area (Å²) in [4.78, 5) is 29.1. The van der Waals surface area contributed by atoms with Crippen LogP contribution < -0.4 is 0 Å². The first kappa shape index (κ1) is 13.9. The fraction of sp³-hybridized carbons (Fsp3) is 0.412. The molecule has 0 aliphatic carbocycles. The lowest BCUT2D eigenvalue weighted by atomic mass is 9.82. The Balaban J connectivity index is 2.23. The van der Waals surface area contributed by atoms with Gasteiger partial charge in [-0.1, -0.05) is 18.2 Å². The van der Waals surface area contributed by atoms with Crippen LogP contribution in [0.15, 0.2) is 24.3 Å². The minimum absolute atomic E-state index is 0.0167. The molecular weight excluding hydrogens is 264 g/mol. The number of H-pyrrole nitrogens is 1. The number of carbonyl (C=O) groups is 2. The summed E-state index contributed by atoms with van der Waals surface area (Å²) in [6.07, 6.45) is 1.17. The summed E-state index contributed by atoms with van der Waals surface area (Å²) in [7, 11) is 0. The van der Waals surface area contributed by atoms with Gasteiger partial charge in [-0.05, 0) is 31.9 Å². The Morgan fingerprint density at radius 3 is 2.67 bits per heavy atom. The number of ketones is 1. The fourth-order valence-electron chi connectivity index (χ4n) is 3.70. The summed E-state index contributed by atoms with van der Waals surface area (Å²) in [6, 6.07) is 8.16. The van der Waals surface area contributed by atoms with E-state index in [0.717, 1.165) is 17.6 Å². The maximum absolute atomic E-state index is 12.0. The second-order valence-electron chi connectivity index (χ2n) is 6.10. The third kappa shape index (κ3) is 2.06. The van der Waals surface area contributed by atoms with Crippen LogP contribution in [0.1, 0.15) is 38.4 Å². The number of nitrogens with one attached hydrogen (secondary N) is 1. The zero-order chi connectivity index (χ0) is 15.2. The molecular formula is C17H20N2O2. The molecule has 0 fully saturated rings. The standard InChI is InChI=1S/C17H20N2O2/c1-11(20)10-17(3)16-14(8-9-19(17)12(2)21)13-6-4-5-7-15(13)18-16/h4-7,18H,8-10H2,1-3H3. The molecule has 110 valence electrons. The average Bonchev–Trinajstić information content (AvgIpc) is 2.78. The van der Waals surface area contributed by atoms with Gasteiger partial charge >= 0.3 is 0 Å². The number of Topliss-reactive ketones (excluding diaryl/α,β-unsaturated/α-hetero) is 1. The van der Waals surface area contributed by atoms with Crippen molar-refractivity contribution < 1.29 is 9.59 Å². The van der Waals surface area contributed by atoms with E-state index in [4.69, 9.17) is 0 Å². The molecule has 0 saturated carbocycles. The van der Waals surface area contributed by atoms with Gasteiger partial charge in [0.2, 0.25) is 5.91 Å². The van der Waals surface area contributed by atoms with Crippen LogP contribution in [0.25, 0.3) is 10.9 Å². The van der Waals surface area contributed by atoms with Gasteiger partial charge in [-0.25, -0.2) is 0 Å². The van der Waals surface area contributed by atoms with Crippen molar-refractivity contribution in [3.8, 4) is 0 Å². The number of aromatic amines is 1. The van der Waals surface area contributed by atoms with Gasteiger partial charge in [0, 0.05) is 36.5 Å². The molecule has 1 aliphatic rings. The van der Waals surface area contributed by atoms with Gasteiger partial charge in [0.1, 0.15) is 5.78 Å². The summed E-state index contributed by atoms with van der Waals surface area (Å²) < 4.78 is 0. The minimum Gasteiger partial charge on any atom is -0.356 e. The van der Waals surface area contributed by atoms with E-state index in [1.54, 1.807) is 13.8 Å². The lowest BCUT2D eigenvalue weighted by Crippen LogP contribution is -2.51. The Morgan fingerprint density at radius 2 is 2.00 bits per heavy atom. The Bertz CT molecular complexity index is 731. The van der Waals surface area contributed by atoms with Crippen molar-refractivity contribution in [1.29, 1.82) is 0 Å². The topological polar surface area (TPSA) is 53.2 Å². The van der Waals surface area contributed by atoms with Crippen LogP contribution in [0.3, 0.4) is 0 Å². The summed E-state index contributed by atoms with van der Waals surface area (Å²) in [5.74, 6) is 0.110. The molecule has 1 aromatic heterocycles. The number of para-hydroxylation sites is 1. The molecule has 2 aromatic rings. The molecule has 21 heavy (non-hydrogen) atoms. The first-order chi connectivity index (χ1) is 9.93.